The Labute approximate surface area is 196 Å². The van der Waals surface area contributed by atoms with E-state index in [0.29, 0.717) is 23.6 Å². The van der Waals surface area contributed by atoms with Crippen molar-refractivity contribution in [3.8, 4) is 5.75 Å². The van der Waals surface area contributed by atoms with Crippen LogP contribution in [0.1, 0.15) is 81.8 Å². The number of rotatable bonds is 6. The normalized spacial score (nSPS) is 25.9. The smallest absolute Gasteiger partial charge is 0.429 e. The van der Waals surface area contributed by atoms with Gasteiger partial charge in [0, 0.05) is 12.1 Å². The van der Waals surface area contributed by atoms with E-state index in [-0.39, 0.29) is 5.92 Å². The lowest BCUT2D eigenvalue weighted by molar-refractivity contribution is -0.187. The van der Waals surface area contributed by atoms with Gasteiger partial charge in [0.25, 0.3) is 0 Å². The third-order valence-electron chi connectivity index (χ3n) is 7.89. The second-order valence-corrected chi connectivity index (χ2v) is 9.86. The Hall–Kier alpha value is -2.18. The second-order valence-electron chi connectivity index (χ2n) is 9.86. The van der Waals surface area contributed by atoms with Gasteiger partial charge in [-0.15, -0.1) is 0 Å². The molecule has 0 aromatic heterocycles. The van der Waals surface area contributed by atoms with Gasteiger partial charge in [-0.2, -0.15) is 8.78 Å². The average Bonchev–Trinajstić information content (AvgIpc) is 2.82. The van der Waals surface area contributed by atoms with Crippen LogP contribution in [0.5, 0.6) is 5.75 Å². The third-order valence-corrected chi connectivity index (χ3v) is 7.89. The van der Waals surface area contributed by atoms with Crippen LogP contribution in [0.25, 0.3) is 0 Å². The monoisotopic (exact) mass is 484 g/mol. The topological polar surface area (TPSA) is 9.23 Å². The van der Waals surface area contributed by atoms with Crippen LogP contribution < -0.4 is 4.74 Å². The minimum absolute atomic E-state index is 0.113. The van der Waals surface area contributed by atoms with E-state index in [4.69, 9.17) is 0 Å². The van der Waals surface area contributed by atoms with E-state index >= 15 is 0 Å². The first-order valence-electron chi connectivity index (χ1n) is 12.2. The van der Waals surface area contributed by atoms with Gasteiger partial charge in [0.05, 0.1) is 5.56 Å². The molecular weight excluding hydrogens is 454 g/mol. The van der Waals surface area contributed by atoms with E-state index in [2.05, 4.69) is 11.7 Å². The summed E-state index contributed by atoms with van der Waals surface area (Å²) in [5, 5.41) is 0. The van der Waals surface area contributed by atoms with E-state index in [0.717, 1.165) is 49.7 Å². The lowest BCUT2D eigenvalue weighted by Crippen LogP contribution is -2.26. The quantitative estimate of drug-likeness (QED) is 0.294. The molecule has 2 aliphatic carbocycles. The first-order chi connectivity index (χ1) is 16.2. The van der Waals surface area contributed by atoms with Crippen LogP contribution in [0.15, 0.2) is 30.3 Å². The molecule has 2 aliphatic rings. The highest BCUT2D eigenvalue weighted by Crippen LogP contribution is 2.45. The summed E-state index contributed by atoms with van der Waals surface area (Å²) >= 11 is 0. The number of benzene rings is 2. The molecule has 2 aromatic rings. The van der Waals surface area contributed by atoms with Crippen molar-refractivity contribution < 1.29 is 31.1 Å². The van der Waals surface area contributed by atoms with E-state index in [9.17, 15) is 26.3 Å². The van der Waals surface area contributed by atoms with Crippen molar-refractivity contribution in [2.45, 2.75) is 76.7 Å². The summed E-state index contributed by atoms with van der Waals surface area (Å²) in [7, 11) is 0. The van der Waals surface area contributed by atoms with Crippen molar-refractivity contribution in [1.82, 2.24) is 0 Å². The molecule has 0 atom stereocenters. The fourth-order valence-electron chi connectivity index (χ4n) is 5.81. The van der Waals surface area contributed by atoms with Crippen LogP contribution in [-0.2, 0) is 6.11 Å². The molecule has 34 heavy (non-hydrogen) atoms. The first kappa shape index (κ1) is 24.9. The highest BCUT2D eigenvalue weighted by molar-refractivity contribution is 5.31. The van der Waals surface area contributed by atoms with Crippen molar-refractivity contribution >= 4 is 0 Å². The largest absolute Gasteiger partial charge is 0.429 e. The molecule has 0 aliphatic heterocycles. The maximum absolute atomic E-state index is 14.7. The lowest BCUT2D eigenvalue weighted by Gasteiger charge is -2.38. The Morgan fingerprint density at radius 2 is 1.32 bits per heavy atom. The Balaban J connectivity index is 1.39. The predicted octanol–water partition coefficient (Wildman–Crippen LogP) is 8.86. The molecule has 0 radical (unpaired) electrons. The number of hydrogen-bond donors (Lipinski definition) is 0. The van der Waals surface area contributed by atoms with Crippen molar-refractivity contribution in [1.29, 1.82) is 0 Å². The summed E-state index contributed by atoms with van der Waals surface area (Å²) in [6, 6.07) is 4.13. The molecule has 0 bridgehead atoms. The van der Waals surface area contributed by atoms with Gasteiger partial charge >= 0.3 is 6.11 Å². The van der Waals surface area contributed by atoms with Gasteiger partial charge in [-0.05, 0) is 79.9 Å². The van der Waals surface area contributed by atoms with Gasteiger partial charge in [-0.3, -0.25) is 0 Å². The molecule has 4 rings (SSSR count). The van der Waals surface area contributed by atoms with Gasteiger partial charge in [0.15, 0.2) is 17.5 Å². The number of halogens is 6. The van der Waals surface area contributed by atoms with Crippen molar-refractivity contribution in [2.75, 3.05) is 0 Å². The molecule has 0 N–H and O–H groups in total. The molecule has 1 nitrogen and oxygen atoms in total. The molecule has 2 saturated carbocycles. The Bertz CT molecular complexity index is 968. The van der Waals surface area contributed by atoms with Crippen LogP contribution in [0, 0.1) is 41.0 Å². The van der Waals surface area contributed by atoms with Crippen LogP contribution in [0.4, 0.5) is 26.3 Å². The van der Waals surface area contributed by atoms with Crippen LogP contribution in [0.3, 0.4) is 0 Å². The van der Waals surface area contributed by atoms with Gasteiger partial charge in [0.2, 0.25) is 0 Å². The zero-order chi connectivity index (χ0) is 24.5. The summed E-state index contributed by atoms with van der Waals surface area (Å²) in [6.45, 7) is 2.25. The Morgan fingerprint density at radius 1 is 0.765 bits per heavy atom. The van der Waals surface area contributed by atoms with Crippen LogP contribution in [-0.4, -0.2) is 0 Å². The zero-order valence-electron chi connectivity index (χ0n) is 19.2. The van der Waals surface area contributed by atoms with E-state index in [1.54, 1.807) is 0 Å². The summed E-state index contributed by atoms with van der Waals surface area (Å²) in [6.07, 6.45) is 6.19. The number of hydrogen-bond acceptors (Lipinski definition) is 1. The molecule has 186 valence electrons. The third kappa shape index (κ3) is 5.38. The SMILES string of the molecule is CC[C@H]1CC[C@H]([C@H]2CC[C@H](c3ccc(C(F)(F)Oc4cc(F)c(F)c(F)c4)c(F)c3)CC2)CC1. The molecule has 2 aromatic carbocycles. The minimum atomic E-state index is -4.19. The minimum Gasteiger partial charge on any atom is -0.429 e. The van der Waals surface area contributed by atoms with E-state index in [1.807, 2.05) is 0 Å². The van der Waals surface area contributed by atoms with Crippen molar-refractivity contribution in [3.05, 3.63) is 64.7 Å². The Kier molecular flexibility index (Phi) is 7.48. The van der Waals surface area contributed by atoms with Gasteiger partial charge in [-0.1, -0.05) is 32.3 Å². The second kappa shape index (κ2) is 10.2. The molecule has 0 spiro atoms. The van der Waals surface area contributed by atoms with Crippen LogP contribution in [0.2, 0.25) is 0 Å². The standard InChI is InChI=1S/C27H30F6O/c1-2-16-3-5-17(6-4-16)18-7-9-19(10-8-18)20-11-12-22(23(28)13-20)27(32,33)34-21-14-24(29)26(31)25(30)15-21/h11-19H,2-10H2,1H3/t16-,17-,18-,19-. The summed E-state index contributed by atoms with van der Waals surface area (Å²) in [5.41, 5.74) is -0.369. The van der Waals surface area contributed by atoms with Gasteiger partial charge in [0.1, 0.15) is 11.6 Å². The molecule has 2 fully saturated rings. The van der Waals surface area contributed by atoms with Gasteiger partial charge < -0.3 is 4.74 Å². The van der Waals surface area contributed by atoms with Crippen molar-refractivity contribution in [2.24, 2.45) is 17.8 Å². The summed E-state index contributed by atoms with van der Waals surface area (Å²) in [5.74, 6) is -4.80. The lowest BCUT2D eigenvalue weighted by atomic mass is 9.68. The summed E-state index contributed by atoms with van der Waals surface area (Å²) < 4.78 is 87.8. The maximum atomic E-state index is 14.7. The summed E-state index contributed by atoms with van der Waals surface area (Å²) in [4.78, 5) is 0. The van der Waals surface area contributed by atoms with E-state index in [1.165, 1.54) is 38.2 Å². The molecular formula is C27H30F6O. The maximum Gasteiger partial charge on any atom is 0.429 e. The molecule has 0 saturated heterocycles. The fourth-order valence-corrected chi connectivity index (χ4v) is 5.81. The van der Waals surface area contributed by atoms with E-state index < -0.39 is 40.7 Å². The molecule has 0 heterocycles. The zero-order valence-corrected chi connectivity index (χ0v) is 19.2. The molecule has 0 amide bonds. The van der Waals surface area contributed by atoms with Crippen LogP contribution >= 0.6 is 0 Å². The molecule has 7 heteroatoms. The van der Waals surface area contributed by atoms with Gasteiger partial charge in [-0.25, -0.2) is 17.6 Å². The fraction of sp³-hybridized carbons (Fsp3) is 0.556. The first-order valence-corrected chi connectivity index (χ1v) is 12.2. The van der Waals surface area contributed by atoms with Crippen molar-refractivity contribution in [3.63, 3.8) is 0 Å². The highest BCUT2D eigenvalue weighted by atomic mass is 19.3. The predicted molar refractivity (Wildman–Crippen MR) is 118 cm³/mol. The Morgan fingerprint density at radius 3 is 1.85 bits per heavy atom. The number of alkyl halides is 2. The average molecular weight is 485 g/mol. The number of ether oxygens (including phenoxy) is 1. The highest BCUT2D eigenvalue weighted by Gasteiger charge is 2.39. The molecule has 0 unspecified atom stereocenters.